The number of nitro benzene ring substituents is 1. The van der Waals surface area contributed by atoms with Gasteiger partial charge in [-0.25, -0.2) is 4.79 Å². The van der Waals surface area contributed by atoms with Crippen molar-refractivity contribution in [3.05, 3.63) is 33.3 Å². The van der Waals surface area contributed by atoms with E-state index in [1.54, 1.807) is 13.8 Å². The molecule has 0 unspecified atom stereocenters. The van der Waals surface area contributed by atoms with Gasteiger partial charge in [0.1, 0.15) is 17.1 Å². The number of benzene rings is 1. The van der Waals surface area contributed by atoms with Crippen LogP contribution in [0, 0.1) is 10.1 Å². The van der Waals surface area contributed by atoms with Crippen molar-refractivity contribution in [2.75, 3.05) is 11.9 Å². The van der Waals surface area contributed by atoms with E-state index in [1.165, 1.54) is 12.1 Å². The Morgan fingerprint density at radius 2 is 2.00 bits per heavy atom. The third kappa shape index (κ3) is 3.55. The molecule has 10 heteroatoms. The summed E-state index contributed by atoms with van der Waals surface area (Å²) in [6.45, 7) is 3.07. The van der Waals surface area contributed by atoms with Crippen LogP contribution in [0.4, 0.5) is 16.2 Å². The Morgan fingerprint density at radius 3 is 2.52 bits per heavy atom. The maximum absolute atomic E-state index is 12.4. The molecule has 25 heavy (non-hydrogen) atoms. The Hall–Kier alpha value is -2.68. The molecule has 9 nitrogen and oxygen atoms in total. The third-order valence-corrected chi connectivity index (χ3v) is 4.50. The summed E-state index contributed by atoms with van der Waals surface area (Å²) in [6, 6.07) is 3.14. The Labute approximate surface area is 148 Å². The molecule has 1 aliphatic heterocycles. The van der Waals surface area contributed by atoms with Crippen LogP contribution in [0.25, 0.3) is 0 Å². The molecule has 0 radical (unpaired) electrons. The molecule has 1 saturated heterocycles. The van der Waals surface area contributed by atoms with Crippen LogP contribution < -0.4 is 10.6 Å². The number of carbonyl (C=O) groups excluding carboxylic acids is 3. The van der Waals surface area contributed by atoms with Crippen molar-refractivity contribution in [2.45, 2.75) is 32.2 Å². The van der Waals surface area contributed by atoms with E-state index >= 15 is 0 Å². The number of nitrogens with one attached hydrogen (secondary N) is 2. The number of amides is 4. The first-order valence-corrected chi connectivity index (χ1v) is 7.99. The van der Waals surface area contributed by atoms with Crippen LogP contribution in [0.2, 0.25) is 5.02 Å². The number of nitro groups is 1. The molecule has 0 spiro atoms. The van der Waals surface area contributed by atoms with Gasteiger partial charge in [0, 0.05) is 11.8 Å². The largest absolute Gasteiger partial charge is 0.325 e. The average Bonchev–Trinajstić information content (AvgIpc) is 2.81. The standard InChI is InChI=1S/C15H17ClN4O5/c1-3-15(4-2)13(22)19(14(23)18-15)8-12(21)17-9-5-6-10(16)11(7-9)20(24)25/h5-7H,3-4,8H2,1-2H3,(H,17,21)(H,18,23). The lowest BCUT2D eigenvalue weighted by Gasteiger charge is -2.23. The van der Waals surface area contributed by atoms with Crippen LogP contribution in [0.5, 0.6) is 0 Å². The maximum atomic E-state index is 12.4. The molecule has 134 valence electrons. The number of hydrogen-bond donors (Lipinski definition) is 2. The molecule has 0 aliphatic carbocycles. The van der Waals surface area contributed by atoms with Crippen molar-refractivity contribution in [3.63, 3.8) is 0 Å². The van der Waals surface area contributed by atoms with Crippen molar-refractivity contribution in [1.82, 2.24) is 10.2 Å². The van der Waals surface area contributed by atoms with Gasteiger partial charge in [0.2, 0.25) is 5.91 Å². The number of rotatable bonds is 6. The zero-order valence-electron chi connectivity index (χ0n) is 13.7. The number of nitrogens with zero attached hydrogens (tertiary/aromatic N) is 2. The number of anilines is 1. The van der Waals surface area contributed by atoms with Gasteiger partial charge in [-0.05, 0) is 25.0 Å². The van der Waals surface area contributed by atoms with Crippen LogP contribution in [-0.4, -0.2) is 39.8 Å². The van der Waals surface area contributed by atoms with Gasteiger partial charge in [-0.2, -0.15) is 0 Å². The predicted molar refractivity (Wildman–Crippen MR) is 90.3 cm³/mol. The van der Waals surface area contributed by atoms with Gasteiger partial charge in [-0.1, -0.05) is 25.4 Å². The fourth-order valence-electron chi connectivity index (χ4n) is 2.62. The molecular formula is C15H17ClN4O5. The first kappa shape index (κ1) is 18.7. The van der Waals surface area contributed by atoms with Crippen LogP contribution in [0.15, 0.2) is 18.2 Å². The number of imide groups is 1. The van der Waals surface area contributed by atoms with E-state index in [9.17, 15) is 24.5 Å². The highest BCUT2D eigenvalue weighted by atomic mass is 35.5. The minimum absolute atomic E-state index is 0.0622. The molecule has 0 atom stereocenters. The summed E-state index contributed by atoms with van der Waals surface area (Å²) in [5, 5.41) is 15.8. The summed E-state index contributed by atoms with van der Waals surface area (Å²) in [7, 11) is 0. The summed E-state index contributed by atoms with van der Waals surface area (Å²) in [5.41, 5.74) is -1.20. The highest BCUT2D eigenvalue weighted by Crippen LogP contribution is 2.28. The second kappa shape index (κ2) is 7.06. The summed E-state index contributed by atoms with van der Waals surface area (Å²) < 4.78 is 0. The molecular weight excluding hydrogens is 352 g/mol. The van der Waals surface area contributed by atoms with Gasteiger partial charge in [0.05, 0.1) is 4.92 Å². The number of hydrogen-bond acceptors (Lipinski definition) is 5. The molecule has 4 amide bonds. The van der Waals surface area contributed by atoms with E-state index in [0.717, 1.165) is 11.0 Å². The molecule has 0 saturated carbocycles. The van der Waals surface area contributed by atoms with Crippen molar-refractivity contribution in [2.24, 2.45) is 0 Å². The highest BCUT2D eigenvalue weighted by molar-refractivity contribution is 6.32. The van der Waals surface area contributed by atoms with Crippen LogP contribution in [-0.2, 0) is 9.59 Å². The predicted octanol–water partition coefficient (Wildman–Crippen LogP) is 2.30. The fourth-order valence-corrected chi connectivity index (χ4v) is 2.81. The number of urea groups is 1. The van der Waals surface area contributed by atoms with Crippen molar-refractivity contribution < 1.29 is 19.3 Å². The van der Waals surface area contributed by atoms with E-state index in [0.29, 0.717) is 12.8 Å². The fraction of sp³-hybridized carbons (Fsp3) is 0.400. The smallest absolute Gasteiger partial charge is 0.324 e. The van der Waals surface area contributed by atoms with E-state index in [-0.39, 0.29) is 16.4 Å². The number of halogens is 1. The van der Waals surface area contributed by atoms with Crippen molar-refractivity contribution in [3.8, 4) is 0 Å². The first-order chi connectivity index (χ1) is 11.7. The van der Waals surface area contributed by atoms with Crippen molar-refractivity contribution >= 4 is 40.8 Å². The minimum Gasteiger partial charge on any atom is -0.324 e. The van der Waals surface area contributed by atoms with Gasteiger partial charge >= 0.3 is 6.03 Å². The molecule has 2 rings (SSSR count). The van der Waals surface area contributed by atoms with Gasteiger partial charge < -0.3 is 10.6 Å². The quantitative estimate of drug-likeness (QED) is 0.453. The summed E-state index contributed by atoms with van der Waals surface area (Å²) in [5.74, 6) is -1.11. The lowest BCUT2D eigenvalue weighted by Crippen LogP contribution is -2.46. The van der Waals surface area contributed by atoms with Gasteiger partial charge in [-0.15, -0.1) is 0 Å². The summed E-state index contributed by atoms with van der Waals surface area (Å²) in [6.07, 6.45) is 0.825. The lowest BCUT2D eigenvalue weighted by molar-refractivity contribution is -0.384. The maximum Gasteiger partial charge on any atom is 0.325 e. The van der Waals surface area contributed by atoms with E-state index in [2.05, 4.69) is 10.6 Å². The highest BCUT2D eigenvalue weighted by Gasteiger charge is 2.49. The van der Waals surface area contributed by atoms with Crippen LogP contribution in [0.3, 0.4) is 0 Å². The second-order valence-corrected chi connectivity index (χ2v) is 5.99. The second-order valence-electron chi connectivity index (χ2n) is 5.58. The van der Waals surface area contributed by atoms with Crippen molar-refractivity contribution in [1.29, 1.82) is 0 Å². The monoisotopic (exact) mass is 368 g/mol. The normalized spacial score (nSPS) is 15.9. The van der Waals surface area contributed by atoms with E-state index in [4.69, 9.17) is 11.6 Å². The lowest BCUT2D eigenvalue weighted by atomic mass is 9.93. The summed E-state index contributed by atoms with van der Waals surface area (Å²) in [4.78, 5) is 47.6. The molecule has 1 aromatic rings. The first-order valence-electron chi connectivity index (χ1n) is 7.62. The SMILES string of the molecule is CCC1(CC)NC(=O)N(CC(=O)Nc2ccc(Cl)c([N+](=O)[O-])c2)C1=O. The van der Waals surface area contributed by atoms with E-state index < -0.39 is 34.9 Å². The molecule has 1 aromatic carbocycles. The molecule has 1 fully saturated rings. The Kier molecular flexibility index (Phi) is 5.27. The zero-order valence-corrected chi connectivity index (χ0v) is 14.4. The average molecular weight is 369 g/mol. The molecule has 1 aliphatic rings. The Balaban J connectivity index is 2.11. The molecule has 0 aromatic heterocycles. The van der Waals surface area contributed by atoms with Gasteiger partial charge in [-0.3, -0.25) is 24.6 Å². The minimum atomic E-state index is -0.990. The molecule has 2 N–H and O–H groups in total. The zero-order chi connectivity index (χ0) is 18.8. The number of carbonyl (C=O) groups is 3. The van der Waals surface area contributed by atoms with Gasteiger partial charge in [0.25, 0.3) is 11.6 Å². The third-order valence-electron chi connectivity index (χ3n) is 4.18. The van der Waals surface area contributed by atoms with Crippen LogP contribution >= 0.6 is 11.6 Å². The van der Waals surface area contributed by atoms with Gasteiger partial charge in [0.15, 0.2) is 0 Å². The Morgan fingerprint density at radius 1 is 1.36 bits per heavy atom. The molecule has 0 bridgehead atoms. The van der Waals surface area contributed by atoms with E-state index in [1.807, 2.05) is 0 Å². The topological polar surface area (TPSA) is 122 Å². The van der Waals surface area contributed by atoms with Crippen LogP contribution in [0.1, 0.15) is 26.7 Å². The Bertz CT molecular complexity index is 747. The summed E-state index contributed by atoms with van der Waals surface area (Å²) >= 11 is 5.71. The molecule has 1 heterocycles.